The molecule has 0 saturated heterocycles. The summed E-state index contributed by atoms with van der Waals surface area (Å²) < 4.78 is 6.02. The van der Waals surface area contributed by atoms with Gasteiger partial charge in [0.2, 0.25) is 5.36 Å². The van der Waals surface area contributed by atoms with E-state index >= 15 is 0 Å². The van der Waals surface area contributed by atoms with Crippen molar-refractivity contribution in [2.45, 2.75) is 6.92 Å². The maximum Gasteiger partial charge on any atom is 0.382 e. The minimum Gasteiger partial charge on any atom is -0.456 e. The van der Waals surface area contributed by atoms with Gasteiger partial charge in [-0.1, -0.05) is 60.7 Å². The number of benzene rings is 2. The quantitative estimate of drug-likeness (QED) is 0.786. The highest BCUT2D eigenvalue weighted by molar-refractivity contribution is 5.63. The summed E-state index contributed by atoms with van der Waals surface area (Å²) in [4.78, 5) is 14.2. The third-order valence-corrected chi connectivity index (χ3v) is 3.23. The molecule has 0 aliphatic carbocycles. The minimum absolute atomic E-state index is 0.107. The third-order valence-electron chi connectivity index (χ3n) is 3.23. The normalized spacial score (nSPS) is 10.2. The molecule has 0 fully saturated rings. The van der Waals surface area contributed by atoms with Gasteiger partial charge in [-0.05, 0) is 0 Å². The van der Waals surface area contributed by atoms with E-state index in [0.717, 1.165) is 16.5 Å². The summed E-state index contributed by atoms with van der Waals surface area (Å²) in [7, 11) is 0. The molecule has 1 N–H and O–H groups in total. The molecular formula is C19H16NO2+. The lowest BCUT2D eigenvalue weighted by Gasteiger charge is -2.04. The largest absolute Gasteiger partial charge is 0.456 e. The molecule has 0 atom stereocenters. The van der Waals surface area contributed by atoms with Crippen molar-refractivity contribution in [3.63, 3.8) is 0 Å². The van der Waals surface area contributed by atoms with Crippen LogP contribution < -0.4 is 10.3 Å². The van der Waals surface area contributed by atoms with E-state index in [-0.39, 0.29) is 5.91 Å². The second-order valence-corrected chi connectivity index (χ2v) is 4.99. The maximum atomic E-state index is 11.4. The molecule has 0 aliphatic heterocycles. The Hall–Kier alpha value is -2.94. The van der Waals surface area contributed by atoms with Crippen LogP contribution in [0, 0.1) is 0 Å². The first-order valence-electron chi connectivity index (χ1n) is 7.09. The fraction of sp³-hybridized carbons (Fsp3) is 0.0526. The van der Waals surface area contributed by atoms with Gasteiger partial charge in [-0.2, -0.15) is 4.99 Å². The lowest BCUT2D eigenvalue weighted by molar-refractivity contribution is -0.414. The van der Waals surface area contributed by atoms with Crippen LogP contribution in [0.1, 0.15) is 6.92 Å². The number of hydrogen-bond donors (Lipinski definition) is 1. The Bertz CT molecular complexity index is 789. The van der Waals surface area contributed by atoms with Crippen molar-refractivity contribution in [1.29, 1.82) is 0 Å². The monoisotopic (exact) mass is 290 g/mol. The van der Waals surface area contributed by atoms with Crippen LogP contribution in [-0.2, 0) is 4.79 Å². The highest BCUT2D eigenvalue weighted by Gasteiger charge is 2.08. The van der Waals surface area contributed by atoms with Gasteiger partial charge in [-0.15, -0.1) is 0 Å². The van der Waals surface area contributed by atoms with Crippen LogP contribution in [0.4, 0.5) is 0 Å². The van der Waals surface area contributed by atoms with Crippen molar-refractivity contribution >= 4 is 5.91 Å². The molecule has 22 heavy (non-hydrogen) atoms. The molecule has 3 aromatic rings. The van der Waals surface area contributed by atoms with E-state index in [1.165, 1.54) is 6.92 Å². The average Bonchev–Trinajstić information content (AvgIpc) is 2.55. The lowest BCUT2D eigenvalue weighted by atomic mass is 10.1. The summed E-state index contributed by atoms with van der Waals surface area (Å²) >= 11 is 0. The van der Waals surface area contributed by atoms with Gasteiger partial charge in [0.05, 0.1) is 19.1 Å². The molecule has 1 heterocycles. The Kier molecular flexibility index (Phi) is 3.97. The van der Waals surface area contributed by atoms with Crippen LogP contribution in [0.15, 0.2) is 77.2 Å². The first-order chi connectivity index (χ1) is 10.7. The van der Waals surface area contributed by atoms with Gasteiger partial charge < -0.3 is 4.42 Å². The van der Waals surface area contributed by atoms with E-state index in [1.807, 2.05) is 72.8 Å². The molecular weight excluding hydrogens is 274 g/mol. The number of amides is 1. The molecule has 108 valence electrons. The van der Waals surface area contributed by atoms with E-state index < -0.39 is 0 Å². The topological polar surface area (TPSA) is 44.2 Å². The SMILES string of the molecule is CC(=O)[NH+]=c1cc(-c2ccccc2)oc(-c2ccccc2)c1. The van der Waals surface area contributed by atoms with Gasteiger partial charge in [0, 0.05) is 11.1 Å². The summed E-state index contributed by atoms with van der Waals surface area (Å²) in [5.41, 5.74) is 1.93. The van der Waals surface area contributed by atoms with Crippen molar-refractivity contribution < 1.29 is 14.2 Å². The van der Waals surface area contributed by atoms with Crippen LogP contribution in [0.5, 0.6) is 0 Å². The maximum absolute atomic E-state index is 11.4. The molecule has 3 heteroatoms. The van der Waals surface area contributed by atoms with Gasteiger partial charge in [-0.25, -0.2) is 4.79 Å². The first kappa shape index (κ1) is 14.0. The first-order valence-corrected chi connectivity index (χ1v) is 7.09. The fourth-order valence-electron chi connectivity index (χ4n) is 2.27. The van der Waals surface area contributed by atoms with Gasteiger partial charge in [0.1, 0.15) is 11.5 Å². The Labute approximate surface area is 128 Å². The Balaban J connectivity index is 2.21. The molecule has 0 spiro atoms. The summed E-state index contributed by atoms with van der Waals surface area (Å²) in [5.74, 6) is 1.32. The van der Waals surface area contributed by atoms with Crippen LogP contribution in [-0.4, -0.2) is 5.91 Å². The van der Waals surface area contributed by atoms with Crippen molar-refractivity contribution in [2.75, 3.05) is 0 Å². The fourth-order valence-corrected chi connectivity index (χ4v) is 2.27. The van der Waals surface area contributed by atoms with Gasteiger partial charge >= 0.3 is 5.91 Å². The molecule has 0 bridgehead atoms. The lowest BCUT2D eigenvalue weighted by Crippen LogP contribution is -2.79. The Morgan fingerprint density at radius 3 is 1.68 bits per heavy atom. The molecule has 0 unspecified atom stereocenters. The van der Waals surface area contributed by atoms with Gasteiger partial charge in [0.25, 0.3) is 0 Å². The second-order valence-electron chi connectivity index (χ2n) is 4.99. The standard InChI is InChI=1S/C19H15NO2/c1-14(21)20-17-12-18(15-8-4-2-5-9-15)22-19(13-17)16-10-6-3-7-11-16/h2-13H,1H3/p+1. The molecule has 1 aromatic heterocycles. The zero-order valence-electron chi connectivity index (χ0n) is 12.2. The number of rotatable bonds is 2. The average molecular weight is 290 g/mol. The summed E-state index contributed by atoms with van der Waals surface area (Å²) in [6, 6.07) is 23.3. The van der Waals surface area contributed by atoms with E-state index in [4.69, 9.17) is 4.42 Å². The predicted molar refractivity (Wildman–Crippen MR) is 84.4 cm³/mol. The van der Waals surface area contributed by atoms with E-state index in [2.05, 4.69) is 4.99 Å². The summed E-state index contributed by atoms with van der Waals surface area (Å²) in [6.45, 7) is 1.49. The molecule has 0 radical (unpaired) electrons. The Morgan fingerprint density at radius 1 is 0.818 bits per heavy atom. The van der Waals surface area contributed by atoms with Crippen LogP contribution in [0.2, 0.25) is 0 Å². The minimum atomic E-state index is -0.107. The Morgan fingerprint density at radius 2 is 1.27 bits per heavy atom. The molecule has 2 aromatic carbocycles. The van der Waals surface area contributed by atoms with Crippen LogP contribution in [0.3, 0.4) is 0 Å². The smallest absolute Gasteiger partial charge is 0.382 e. The molecule has 3 rings (SSSR count). The zero-order chi connectivity index (χ0) is 15.4. The summed E-state index contributed by atoms with van der Waals surface area (Å²) in [5, 5.41) is 0.719. The molecule has 1 amide bonds. The number of nitrogens with one attached hydrogen (secondary N) is 1. The van der Waals surface area contributed by atoms with Crippen molar-refractivity contribution in [3.8, 4) is 22.6 Å². The van der Waals surface area contributed by atoms with Crippen molar-refractivity contribution in [3.05, 3.63) is 78.2 Å². The highest BCUT2D eigenvalue weighted by Crippen LogP contribution is 2.24. The van der Waals surface area contributed by atoms with E-state index in [1.54, 1.807) is 0 Å². The van der Waals surface area contributed by atoms with Gasteiger partial charge in [-0.3, -0.25) is 0 Å². The second kappa shape index (κ2) is 6.22. The zero-order valence-corrected chi connectivity index (χ0v) is 12.2. The number of carbonyl (C=O) groups excluding carboxylic acids is 1. The van der Waals surface area contributed by atoms with Crippen molar-refractivity contribution in [1.82, 2.24) is 0 Å². The van der Waals surface area contributed by atoms with Crippen molar-refractivity contribution in [2.24, 2.45) is 0 Å². The molecule has 0 saturated carbocycles. The number of carbonyl (C=O) groups is 1. The van der Waals surface area contributed by atoms with Crippen LogP contribution in [0.25, 0.3) is 22.6 Å². The molecule has 3 nitrogen and oxygen atoms in total. The predicted octanol–water partition coefficient (Wildman–Crippen LogP) is 2.14. The third kappa shape index (κ3) is 3.20. The van der Waals surface area contributed by atoms with Gasteiger partial charge in [0.15, 0.2) is 0 Å². The highest BCUT2D eigenvalue weighted by atomic mass is 16.3. The van der Waals surface area contributed by atoms with E-state index in [0.29, 0.717) is 11.5 Å². The number of hydrogen-bond acceptors (Lipinski definition) is 2. The van der Waals surface area contributed by atoms with Crippen LogP contribution >= 0.6 is 0 Å². The van der Waals surface area contributed by atoms with E-state index in [9.17, 15) is 4.79 Å². The molecule has 0 aliphatic rings. The summed E-state index contributed by atoms with van der Waals surface area (Å²) in [6.07, 6.45) is 0.